The number of nitrogens with two attached hydrogens (primary N) is 1. The van der Waals surface area contributed by atoms with Gasteiger partial charge in [0, 0.05) is 0 Å². The molecule has 0 bridgehead atoms. The second-order valence-corrected chi connectivity index (χ2v) is 2.29. The number of hydrazine groups is 1. The first-order valence-corrected chi connectivity index (χ1v) is 3.07. The van der Waals surface area contributed by atoms with Crippen molar-refractivity contribution in [3.63, 3.8) is 0 Å². The van der Waals surface area contributed by atoms with Crippen LogP contribution in [-0.4, -0.2) is 23.9 Å². The van der Waals surface area contributed by atoms with Crippen LogP contribution >= 0.6 is 0 Å². The molecule has 0 spiro atoms. The first-order valence-electron chi connectivity index (χ1n) is 3.07. The van der Waals surface area contributed by atoms with Crippen molar-refractivity contribution < 1.29 is 18.3 Å². The smallest absolute Gasteiger partial charge is 0.393 e. The minimum absolute atomic E-state index is 0.628. The summed E-state index contributed by atoms with van der Waals surface area (Å²) >= 11 is 0. The van der Waals surface area contributed by atoms with Gasteiger partial charge in [-0.1, -0.05) is 6.92 Å². The maximum absolute atomic E-state index is 11.9. The lowest BCUT2D eigenvalue weighted by atomic mass is 10.0. The summed E-state index contributed by atoms with van der Waals surface area (Å²) in [6.07, 6.45) is -4.32. The summed E-state index contributed by atoms with van der Waals surface area (Å²) in [5.41, 5.74) is 1.89. The van der Waals surface area contributed by atoms with Crippen LogP contribution in [0.1, 0.15) is 6.92 Å². The van der Waals surface area contributed by atoms with Crippen LogP contribution in [0.15, 0.2) is 0 Å². The molecule has 4 N–H and O–H groups in total. The van der Waals surface area contributed by atoms with Crippen LogP contribution in [0.3, 0.4) is 0 Å². The third-order valence-electron chi connectivity index (χ3n) is 1.53. The molecule has 0 unspecified atom stereocenters. The molecule has 6 heteroatoms. The molecule has 0 aromatic rings. The molecule has 11 heavy (non-hydrogen) atoms. The topological polar surface area (TPSA) is 58.3 Å². The van der Waals surface area contributed by atoms with E-state index >= 15 is 0 Å². The van der Waals surface area contributed by atoms with Crippen molar-refractivity contribution in [2.45, 2.75) is 19.1 Å². The van der Waals surface area contributed by atoms with Gasteiger partial charge in [0.2, 0.25) is 0 Å². The summed E-state index contributed by atoms with van der Waals surface area (Å²) in [5, 5.41) is 8.42. The maximum atomic E-state index is 11.9. The predicted octanol–water partition coefficient (Wildman–Crippen LogP) is 0.00900. The molecule has 0 rings (SSSR count). The number of aliphatic hydroxyl groups excluding tert-OH is 1. The molecule has 0 aromatic heterocycles. The molecule has 0 aliphatic carbocycles. The van der Waals surface area contributed by atoms with Gasteiger partial charge in [0.25, 0.3) is 0 Å². The number of aliphatic hydroxyl groups is 1. The van der Waals surface area contributed by atoms with Gasteiger partial charge >= 0.3 is 6.18 Å². The number of hydrogen-bond donors (Lipinski definition) is 3. The Kier molecular flexibility index (Phi) is 3.77. The van der Waals surface area contributed by atoms with E-state index in [-0.39, 0.29) is 0 Å². The Morgan fingerprint density at radius 1 is 1.55 bits per heavy atom. The largest absolute Gasteiger partial charge is 0.395 e. The molecule has 0 fully saturated rings. The zero-order valence-corrected chi connectivity index (χ0v) is 6.02. The summed E-state index contributed by atoms with van der Waals surface area (Å²) in [6.45, 7) is 0.331. The van der Waals surface area contributed by atoms with E-state index < -0.39 is 24.7 Å². The van der Waals surface area contributed by atoms with Gasteiger partial charge in [0.1, 0.15) is 0 Å². The molecule has 68 valence electrons. The van der Waals surface area contributed by atoms with E-state index in [1.165, 1.54) is 0 Å². The molecular weight excluding hydrogens is 161 g/mol. The standard InChI is InChI=1S/C5H11F3N2O/c1-3(5(6,7)8)4(2-11)10-9/h3-4,10-11H,2,9H2,1H3/t3-,4+/m0/s1. The lowest BCUT2D eigenvalue weighted by Gasteiger charge is -2.23. The Morgan fingerprint density at radius 3 is 2.09 bits per heavy atom. The van der Waals surface area contributed by atoms with Crippen molar-refractivity contribution in [3.05, 3.63) is 0 Å². The van der Waals surface area contributed by atoms with Crippen molar-refractivity contribution in [1.29, 1.82) is 0 Å². The van der Waals surface area contributed by atoms with Crippen molar-refractivity contribution in [2.75, 3.05) is 6.61 Å². The van der Waals surface area contributed by atoms with Crippen LogP contribution in [0, 0.1) is 5.92 Å². The van der Waals surface area contributed by atoms with Gasteiger partial charge < -0.3 is 5.11 Å². The van der Waals surface area contributed by atoms with Crippen LogP contribution in [0.2, 0.25) is 0 Å². The number of hydrogen-bond acceptors (Lipinski definition) is 3. The van der Waals surface area contributed by atoms with Gasteiger partial charge in [-0.25, -0.2) is 0 Å². The van der Waals surface area contributed by atoms with Crippen LogP contribution < -0.4 is 11.3 Å². The van der Waals surface area contributed by atoms with E-state index in [1.807, 2.05) is 5.43 Å². The van der Waals surface area contributed by atoms with Crippen molar-refractivity contribution in [1.82, 2.24) is 5.43 Å². The van der Waals surface area contributed by atoms with E-state index in [0.717, 1.165) is 6.92 Å². The molecular formula is C5H11F3N2O. The van der Waals surface area contributed by atoms with Gasteiger partial charge in [0.15, 0.2) is 0 Å². The average Bonchev–Trinajstić information content (AvgIpc) is 1.88. The van der Waals surface area contributed by atoms with E-state index in [1.54, 1.807) is 0 Å². The highest BCUT2D eigenvalue weighted by Gasteiger charge is 2.40. The maximum Gasteiger partial charge on any atom is 0.393 e. The third-order valence-corrected chi connectivity index (χ3v) is 1.53. The Morgan fingerprint density at radius 2 is 2.00 bits per heavy atom. The molecule has 0 saturated heterocycles. The van der Waals surface area contributed by atoms with E-state index in [0.29, 0.717) is 0 Å². The second-order valence-electron chi connectivity index (χ2n) is 2.29. The number of alkyl halides is 3. The summed E-state index contributed by atoms with van der Waals surface area (Å²) < 4.78 is 35.6. The lowest BCUT2D eigenvalue weighted by molar-refractivity contribution is -0.179. The van der Waals surface area contributed by atoms with E-state index in [9.17, 15) is 13.2 Å². The van der Waals surface area contributed by atoms with Crippen molar-refractivity contribution in [2.24, 2.45) is 11.8 Å². The van der Waals surface area contributed by atoms with Gasteiger partial charge in [-0.05, 0) is 0 Å². The third kappa shape index (κ3) is 3.04. The highest BCUT2D eigenvalue weighted by atomic mass is 19.4. The minimum atomic E-state index is -4.32. The Labute approximate surface area is 62.3 Å². The van der Waals surface area contributed by atoms with Crippen LogP contribution in [-0.2, 0) is 0 Å². The van der Waals surface area contributed by atoms with Crippen molar-refractivity contribution >= 4 is 0 Å². The zero-order valence-electron chi connectivity index (χ0n) is 6.02. The SMILES string of the molecule is C[C@@H]([C@@H](CO)NN)C(F)(F)F. The zero-order chi connectivity index (χ0) is 9.07. The van der Waals surface area contributed by atoms with E-state index in [4.69, 9.17) is 10.9 Å². The fourth-order valence-corrected chi connectivity index (χ4v) is 0.583. The van der Waals surface area contributed by atoms with Crippen LogP contribution in [0.25, 0.3) is 0 Å². The highest BCUT2D eigenvalue weighted by molar-refractivity contribution is 4.75. The fourth-order valence-electron chi connectivity index (χ4n) is 0.583. The number of nitrogens with one attached hydrogen (secondary N) is 1. The summed E-state index contributed by atoms with van der Waals surface area (Å²) in [6, 6.07) is -1.13. The van der Waals surface area contributed by atoms with Gasteiger partial charge in [-0.3, -0.25) is 11.3 Å². The molecule has 0 radical (unpaired) electrons. The van der Waals surface area contributed by atoms with Gasteiger partial charge in [-0.2, -0.15) is 13.2 Å². The summed E-state index contributed by atoms with van der Waals surface area (Å²) in [4.78, 5) is 0. The van der Waals surface area contributed by atoms with Crippen LogP contribution in [0.4, 0.5) is 13.2 Å². The molecule has 0 aliphatic heterocycles. The predicted molar refractivity (Wildman–Crippen MR) is 33.4 cm³/mol. The van der Waals surface area contributed by atoms with Gasteiger partial charge in [-0.15, -0.1) is 0 Å². The molecule has 0 saturated carbocycles. The van der Waals surface area contributed by atoms with E-state index in [2.05, 4.69) is 0 Å². The Balaban J connectivity index is 4.09. The van der Waals surface area contributed by atoms with Gasteiger partial charge in [0.05, 0.1) is 18.6 Å². The number of halogens is 3. The molecule has 2 atom stereocenters. The quantitative estimate of drug-likeness (QED) is 0.415. The fraction of sp³-hybridized carbons (Fsp3) is 1.00. The highest BCUT2D eigenvalue weighted by Crippen LogP contribution is 2.27. The first-order chi connectivity index (χ1) is 4.93. The molecule has 0 aromatic carbocycles. The average molecular weight is 172 g/mol. The molecule has 0 amide bonds. The minimum Gasteiger partial charge on any atom is -0.395 e. The number of rotatable bonds is 3. The first kappa shape index (κ1) is 10.7. The Bertz CT molecular complexity index is 113. The Hall–Kier alpha value is -0.330. The monoisotopic (exact) mass is 172 g/mol. The molecule has 0 heterocycles. The summed E-state index contributed by atoms with van der Waals surface area (Å²) in [5.74, 6) is 3.13. The summed E-state index contributed by atoms with van der Waals surface area (Å²) in [7, 11) is 0. The molecule has 0 aliphatic rings. The second kappa shape index (κ2) is 3.89. The lowest BCUT2D eigenvalue weighted by Crippen LogP contribution is -2.47. The normalized spacial score (nSPS) is 18.0. The van der Waals surface area contributed by atoms with Crippen molar-refractivity contribution in [3.8, 4) is 0 Å². The molecule has 3 nitrogen and oxygen atoms in total. The van der Waals surface area contributed by atoms with Crippen LogP contribution in [0.5, 0.6) is 0 Å².